The van der Waals surface area contributed by atoms with Gasteiger partial charge in [0.2, 0.25) is 0 Å². The van der Waals surface area contributed by atoms with E-state index < -0.39 is 23.5 Å². The van der Waals surface area contributed by atoms with E-state index in [1.54, 1.807) is 0 Å². The maximum atomic E-state index is 11.2. The molecule has 0 aliphatic carbocycles. The topological polar surface area (TPSA) is 40.1 Å². The van der Waals surface area contributed by atoms with E-state index in [2.05, 4.69) is 272 Å². The molecule has 0 N–H and O–H groups in total. The molecule has 4 heterocycles. The van der Waals surface area contributed by atoms with E-state index in [1.807, 2.05) is 36.4 Å². The zero-order valence-corrected chi connectivity index (χ0v) is 52.9. The number of nitrogens with zero attached hydrogens (tertiary/aromatic N) is 5. The van der Waals surface area contributed by atoms with Crippen LogP contribution in [0.5, 0.6) is 0 Å². The first-order valence-electron chi connectivity index (χ1n) is 33.7. The molecule has 0 spiro atoms. The number of fused-ring (bicyclic) bond motifs is 10. The van der Waals surface area contributed by atoms with Crippen LogP contribution in [-0.2, 0) is 21.7 Å². The van der Waals surface area contributed by atoms with Crippen LogP contribution in [0.15, 0.2) is 230 Å². The molecular weight excluding hydrogens is 1080 g/mol. The van der Waals surface area contributed by atoms with Crippen LogP contribution in [0.3, 0.4) is 0 Å². The second kappa shape index (κ2) is 20.1. The van der Waals surface area contributed by atoms with E-state index in [0.717, 1.165) is 106 Å². The minimum Gasteiger partial charge on any atom is -0.311 e. The second-order valence-electron chi connectivity index (χ2n) is 28.6. The molecule has 434 valence electrons. The predicted molar refractivity (Wildman–Crippen MR) is 380 cm³/mol. The molecule has 0 saturated carbocycles. The molecule has 0 atom stereocenters. The Labute approximate surface area is 531 Å². The summed E-state index contributed by atoms with van der Waals surface area (Å²) in [7, 11) is 0. The summed E-state index contributed by atoms with van der Waals surface area (Å²) >= 11 is 0. The van der Waals surface area contributed by atoms with E-state index >= 15 is 0 Å². The molecule has 2 aromatic heterocycles. The summed E-state index contributed by atoms with van der Waals surface area (Å²) < 4.78 is 49.9. The van der Waals surface area contributed by atoms with Crippen molar-refractivity contribution in [2.75, 3.05) is 9.80 Å². The van der Waals surface area contributed by atoms with Gasteiger partial charge >= 0.3 is 0 Å². The molecule has 15 rings (SSSR count). The predicted octanol–water partition coefficient (Wildman–Crippen LogP) is 20.4. The fourth-order valence-electron chi connectivity index (χ4n) is 14.0. The zero-order valence-electron chi connectivity index (χ0n) is 57.9. The van der Waals surface area contributed by atoms with E-state index in [0.29, 0.717) is 16.8 Å². The van der Waals surface area contributed by atoms with E-state index in [1.165, 1.54) is 27.5 Å². The number of hydrogen-bond acceptors (Lipinski definition) is 3. The van der Waals surface area contributed by atoms with Gasteiger partial charge in [0.25, 0.3) is 6.71 Å². The molecule has 0 amide bonds. The Kier molecular flexibility index (Phi) is 11.3. The number of anilines is 6. The fourth-order valence-corrected chi connectivity index (χ4v) is 14.0. The lowest BCUT2D eigenvalue weighted by molar-refractivity contribution is 0.590. The highest BCUT2D eigenvalue weighted by atomic mass is 15.2. The highest BCUT2D eigenvalue weighted by molar-refractivity contribution is 7.00. The van der Waals surface area contributed by atoms with Crippen LogP contribution in [0.25, 0.3) is 77.2 Å². The molecule has 89 heavy (non-hydrogen) atoms. The summed E-state index contributed by atoms with van der Waals surface area (Å²) in [5, 5.41) is 15.7. The van der Waals surface area contributed by atoms with Crippen molar-refractivity contribution in [3.8, 4) is 39.7 Å². The molecule has 6 heteroatoms. The van der Waals surface area contributed by atoms with E-state index in [9.17, 15) is 8.00 Å². The quantitative estimate of drug-likeness (QED) is 0.156. The Hall–Kier alpha value is -9.83. The Morgan fingerprint density at radius 2 is 0.865 bits per heavy atom. The highest BCUT2D eigenvalue weighted by Crippen LogP contribution is 2.51. The molecule has 0 saturated heterocycles. The van der Waals surface area contributed by atoms with Crippen molar-refractivity contribution in [2.45, 2.75) is 105 Å². The maximum absolute atomic E-state index is 11.2. The van der Waals surface area contributed by atoms with E-state index in [-0.39, 0.29) is 40.6 Å². The first-order valence-corrected chi connectivity index (χ1v) is 31.2. The Morgan fingerprint density at radius 3 is 1.46 bits per heavy atom. The summed E-state index contributed by atoms with van der Waals surface area (Å²) in [6.07, 6.45) is 0. The van der Waals surface area contributed by atoms with Crippen molar-refractivity contribution in [1.29, 1.82) is 5.26 Å². The van der Waals surface area contributed by atoms with Gasteiger partial charge in [-0.3, -0.25) is 0 Å². The van der Waals surface area contributed by atoms with Crippen LogP contribution in [0.2, 0.25) is 0 Å². The molecule has 0 bridgehead atoms. The van der Waals surface area contributed by atoms with Gasteiger partial charge in [0.1, 0.15) is 6.07 Å². The normalized spacial score (nSPS) is 14.1. The van der Waals surface area contributed by atoms with Crippen LogP contribution in [0.1, 0.15) is 118 Å². The van der Waals surface area contributed by atoms with Gasteiger partial charge in [-0.1, -0.05) is 216 Å². The summed E-state index contributed by atoms with van der Waals surface area (Å²) in [6.45, 7) is 27.0. The van der Waals surface area contributed by atoms with Gasteiger partial charge in [-0.15, -0.1) is 0 Å². The minimum atomic E-state index is -0.443. The number of nitriles is 1. The molecule has 11 aromatic carbocycles. The van der Waals surface area contributed by atoms with Crippen molar-refractivity contribution in [3.63, 3.8) is 0 Å². The second-order valence-corrected chi connectivity index (χ2v) is 28.6. The highest BCUT2D eigenvalue weighted by Gasteiger charge is 2.45. The summed E-state index contributed by atoms with van der Waals surface area (Å²) in [5.74, 6) is 0. The van der Waals surface area contributed by atoms with Gasteiger partial charge in [-0.05, 0) is 174 Å². The van der Waals surface area contributed by atoms with Gasteiger partial charge in [-0.25, -0.2) is 0 Å². The summed E-state index contributed by atoms with van der Waals surface area (Å²) in [4.78, 5) is 4.85. The van der Waals surface area contributed by atoms with Crippen LogP contribution in [-0.4, -0.2) is 15.8 Å². The van der Waals surface area contributed by atoms with Crippen LogP contribution >= 0.6 is 0 Å². The van der Waals surface area contributed by atoms with Crippen LogP contribution < -0.4 is 26.2 Å². The molecule has 13 aromatic rings. The van der Waals surface area contributed by atoms with E-state index in [4.69, 9.17) is 4.11 Å². The number of para-hydroxylation sites is 2. The minimum absolute atomic E-state index is 0.0796. The third kappa shape index (κ3) is 9.03. The summed E-state index contributed by atoms with van der Waals surface area (Å²) in [5.41, 5.74) is 22.0. The largest absolute Gasteiger partial charge is 0.311 e. The first-order chi connectivity index (χ1) is 44.7. The molecule has 0 unspecified atom stereocenters. The van der Waals surface area contributed by atoms with Crippen molar-refractivity contribution in [1.82, 2.24) is 9.13 Å². The number of benzene rings is 11. The average molecular weight is 1160 g/mol. The molecular formula is C83H74BN5. The molecule has 2 aliphatic heterocycles. The van der Waals surface area contributed by atoms with Gasteiger partial charge in [-0.2, -0.15) is 5.26 Å². The van der Waals surface area contributed by atoms with Crippen LogP contribution in [0, 0.1) is 11.3 Å². The lowest BCUT2D eigenvalue weighted by atomic mass is 9.33. The van der Waals surface area contributed by atoms with Gasteiger partial charge in [0, 0.05) is 61.2 Å². The molecule has 5 nitrogen and oxygen atoms in total. The zero-order chi connectivity index (χ0) is 66.0. The smallest absolute Gasteiger partial charge is 0.252 e. The number of aromatic nitrogens is 2. The number of hydrogen-bond donors (Lipinski definition) is 0. The van der Waals surface area contributed by atoms with Crippen molar-refractivity contribution in [3.05, 3.63) is 258 Å². The SMILES string of the molecule is [2H]c1c([2H])c([2H])c(-c2ccc3c(c2)N(c2ccc(C#N)c(-n4c5ccccc5c5ccccc54)c2)c2cc(C(C)(C)C)cc4c2B3c2ccc(-n3c5ccc(C(C)(C)C)cc5c5cc(C(C)(C)C)ccc53)cc2N4c2ccc(C(C)(C)C)cc2-c2ccccc2)c([2H])c1[2H]. The Bertz CT molecular complexity index is 5260. The lowest BCUT2D eigenvalue weighted by Gasteiger charge is -2.45. The lowest BCUT2D eigenvalue weighted by Crippen LogP contribution is -2.61. The first kappa shape index (κ1) is 50.2. The number of rotatable bonds is 6. The average Bonchev–Trinajstić information content (AvgIpc) is 0.844. The molecule has 2 aliphatic rings. The Balaban J connectivity index is 1.08. The van der Waals surface area contributed by atoms with Crippen molar-refractivity contribution in [2.24, 2.45) is 0 Å². The van der Waals surface area contributed by atoms with Gasteiger partial charge in [0.15, 0.2) is 0 Å². The van der Waals surface area contributed by atoms with Crippen LogP contribution in [0.4, 0.5) is 34.1 Å². The van der Waals surface area contributed by atoms with Gasteiger partial charge < -0.3 is 18.9 Å². The summed E-state index contributed by atoms with van der Waals surface area (Å²) in [6, 6.07) is 73.3. The molecule has 0 radical (unpaired) electrons. The standard InChI is InChI=1S/C83H74BN5/c1-80(2,3)56-33-40-71(64(44-56)53-25-17-14-18-26-53)89-76-50-61(86-72-41-34-57(81(4,5)6)45-65(72)66-46-58(82(7,8)9)35-42-73(66)86)37-39-68(76)84-67-38-32-54(52-23-15-13-16-24-52)43-75(67)87(77-47-59(83(10,11)12)48-78(89)79(77)84)60-36-31-55(51-85)74(49-60)88-69-29-21-19-27-62(69)63-28-20-22-30-70(63)88/h13-50H,1-12H3/i13D,15D,16D,23D,24D. The third-order valence-electron chi connectivity index (χ3n) is 18.8. The maximum Gasteiger partial charge on any atom is 0.252 e. The van der Waals surface area contributed by atoms with Gasteiger partial charge in [0.05, 0.1) is 45.9 Å². The van der Waals surface area contributed by atoms with Crippen molar-refractivity contribution < 1.29 is 6.85 Å². The Morgan fingerprint density at radius 1 is 0.360 bits per heavy atom. The molecule has 0 fully saturated rings. The third-order valence-corrected chi connectivity index (χ3v) is 18.8. The fraction of sp³-hybridized carbons (Fsp3) is 0.193. The van der Waals surface area contributed by atoms with Crippen molar-refractivity contribution >= 4 is 101 Å². The monoisotopic (exact) mass is 1160 g/mol.